The fourth-order valence-corrected chi connectivity index (χ4v) is 2.86. The van der Waals surface area contributed by atoms with Gasteiger partial charge in [0.25, 0.3) is 0 Å². The van der Waals surface area contributed by atoms with Crippen LogP contribution in [0.2, 0.25) is 0 Å². The van der Waals surface area contributed by atoms with Gasteiger partial charge < -0.3 is 0 Å². The van der Waals surface area contributed by atoms with Crippen LogP contribution in [-0.2, 0) is 0 Å². The van der Waals surface area contributed by atoms with Crippen LogP contribution >= 0.6 is 11.8 Å². The van der Waals surface area contributed by atoms with Gasteiger partial charge >= 0.3 is 0 Å². The second-order valence-electron chi connectivity index (χ2n) is 4.85. The molecule has 0 atom stereocenters. The Morgan fingerprint density at radius 1 is 0.947 bits per heavy atom. The van der Waals surface area contributed by atoms with Crippen molar-refractivity contribution in [3.05, 3.63) is 53.9 Å². The molecule has 0 saturated carbocycles. The summed E-state index contributed by atoms with van der Waals surface area (Å²) in [6, 6.07) is 15.2. The Balaban J connectivity index is 1.82. The summed E-state index contributed by atoms with van der Waals surface area (Å²) >= 11 is 1.82. The lowest BCUT2D eigenvalue weighted by molar-refractivity contribution is 0.675. The number of thioether (sulfide) groups is 1. The van der Waals surface area contributed by atoms with Crippen LogP contribution in [0.25, 0.3) is 10.8 Å². The fourth-order valence-electron chi connectivity index (χ4n) is 2.12. The number of benzene rings is 2. The second-order valence-corrected chi connectivity index (χ2v) is 5.83. The molecule has 100 valence electrons. The topological polar surface area (TPSA) is 0 Å². The summed E-state index contributed by atoms with van der Waals surface area (Å²) < 4.78 is 0. The molecule has 0 amide bonds. The van der Waals surface area contributed by atoms with E-state index in [0.29, 0.717) is 0 Å². The largest absolute Gasteiger partial charge is 0.0984 e. The first kappa shape index (κ1) is 14.2. The molecule has 0 heterocycles. The molecule has 0 unspecified atom stereocenters. The van der Waals surface area contributed by atoms with Gasteiger partial charge in [-0.1, -0.05) is 74.4 Å². The molecule has 2 aromatic carbocycles. The van der Waals surface area contributed by atoms with E-state index < -0.39 is 0 Å². The first-order valence-corrected chi connectivity index (χ1v) is 8.08. The lowest BCUT2D eigenvalue weighted by Crippen LogP contribution is -1.74. The molecular formula is C18H22S. The summed E-state index contributed by atoms with van der Waals surface area (Å²) in [6.07, 6.45) is 8.88. The molecule has 0 nitrogen and oxygen atoms in total. The van der Waals surface area contributed by atoms with Gasteiger partial charge in [0.1, 0.15) is 0 Å². The van der Waals surface area contributed by atoms with Crippen LogP contribution in [0.15, 0.2) is 58.8 Å². The molecule has 0 aliphatic heterocycles. The molecule has 0 fully saturated rings. The maximum Gasteiger partial charge on any atom is 0.0122 e. The third-order valence-corrected chi connectivity index (χ3v) is 4.10. The van der Waals surface area contributed by atoms with Gasteiger partial charge in [-0.05, 0) is 41.2 Å². The van der Waals surface area contributed by atoms with Crippen molar-refractivity contribution in [3.63, 3.8) is 0 Å². The molecule has 0 aliphatic carbocycles. The summed E-state index contributed by atoms with van der Waals surface area (Å²) in [4.78, 5) is 1.32. The molecule has 0 bridgehead atoms. The molecule has 0 aromatic heterocycles. The fraction of sp³-hybridized carbons (Fsp3) is 0.333. The molecule has 19 heavy (non-hydrogen) atoms. The van der Waals surface area contributed by atoms with Crippen LogP contribution in [0.3, 0.4) is 0 Å². The quantitative estimate of drug-likeness (QED) is 0.413. The maximum atomic E-state index is 2.30. The highest BCUT2D eigenvalue weighted by Gasteiger charge is 1.94. The normalized spacial score (nSPS) is 11.4. The van der Waals surface area contributed by atoms with E-state index in [2.05, 4.69) is 60.9 Å². The number of unbranched alkanes of at least 4 members (excludes halogenated alkanes) is 4. The van der Waals surface area contributed by atoms with Crippen molar-refractivity contribution in [1.82, 2.24) is 0 Å². The minimum Gasteiger partial charge on any atom is -0.0984 e. The highest BCUT2D eigenvalue weighted by atomic mass is 32.2. The predicted octanol–water partition coefficient (Wildman–Crippen LogP) is 6.42. The van der Waals surface area contributed by atoms with E-state index in [-0.39, 0.29) is 0 Å². The Bertz CT molecular complexity index is 528. The standard InChI is InChI=1S/C18H22S/c1-2-3-4-5-6-9-14-19-18-13-12-16-10-7-8-11-17(16)15-18/h7-15H,2-6H2,1H3. The van der Waals surface area contributed by atoms with Crippen molar-refractivity contribution in [3.8, 4) is 0 Å². The minimum atomic E-state index is 1.21. The van der Waals surface area contributed by atoms with Crippen LogP contribution in [0.4, 0.5) is 0 Å². The van der Waals surface area contributed by atoms with E-state index in [1.807, 2.05) is 11.8 Å². The Morgan fingerprint density at radius 3 is 2.63 bits per heavy atom. The lowest BCUT2D eigenvalue weighted by atomic mass is 10.1. The van der Waals surface area contributed by atoms with E-state index in [1.54, 1.807) is 0 Å². The molecule has 0 N–H and O–H groups in total. The Morgan fingerprint density at radius 2 is 1.79 bits per heavy atom. The summed E-state index contributed by atoms with van der Waals surface area (Å²) in [5.74, 6) is 0. The molecule has 0 radical (unpaired) electrons. The number of hydrogen-bond donors (Lipinski definition) is 0. The van der Waals surface area contributed by atoms with Gasteiger partial charge in [0.2, 0.25) is 0 Å². The van der Waals surface area contributed by atoms with Crippen LogP contribution in [0, 0.1) is 0 Å². The zero-order chi connectivity index (χ0) is 13.3. The van der Waals surface area contributed by atoms with E-state index in [1.165, 1.54) is 47.8 Å². The van der Waals surface area contributed by atoms with Crippen molar-refractivity contribution < 1.29 is 0 Å². The third-order valence-electron chi connectivity index (χ3n) is 3.25. The lowest BCUT2D eigenvalue weighted by Gasteiger charge is -2.00. The van der Waals surface area contributed by atoms with Gasteiger partial charge in [-0.25, -0.2) is 0 Å². The first-order valence-electron chi connectivity index (χ1n) is 7.20. The summed E-state index contributed by atoms with van der Waals surface area (Å²) in [6.45, 7) is 2.26. The smallest absolute Gasteiger partial charge is 0.0122 e. The number of fused-ring (bicyclic) bond motifs is 1. The minimum absolute atomic E-state index is 1.21. The summed E-state index contributed by atoms with van der Waals surface area (Å²) in [5.41, 5.74) is 0. The SMILES string of the molecule is CCCCCCC=CSc1ccc2ccccc2c1. The van der Waals surface area contributed by atoms with E-state index in [0.717, 1.165) is 0 Å². The number of rotatable bonds is 7. The summed E-state index contributed by atoms with van der Waals surface area (Å²) in [7, 11) is 0. The average molecular weight is 270 g/mol. The number of hydrogen-bond acceptors (Lipinski definition) is 1. The average Bonchev–Trinajstić information content (AvgIpc) is 2.46. The molecular weight excluding hydrogens is 248 g/mol. The van der Waals surface area contributed by atoms with E-state index in [4.69, 9.17) is 0 Å². The van der Waals surface area contributed by atoms with Crippen molar-refractivity contribution in [2.24, 2.45) is 0 Å². The number of allylic oxidation sites excluding steroid dienone is 1. The Hall–Kier alpha value is -1.21. The first-order chi connectivity index (χ1) is 9.40. The van der Waals surface area contributed by atoms with Crippen LogP contribution in [-0.4, -0.2) is 0 Å². The molecule has 0 spiro atoms. The molecule has 1 heteroatoms. The van der Waals surface area contributed by atoms with Gasteiger partial charge in [0, 0.05) is 4.90 Å². The van der Waals surface area contributed by atoms with Gasteiger partial charge in [-0.2, -0.15) is 0 Å². The van der Waals surface area contributed by atoms with Gasteiger partial charge in [0.05, 0.1) is 0 Å². The van der Waals surface area contributed by atoms with Gasteiger partial charge in [-0.15, -0.1) is 0 Å². The molecule has 0 aliphatic rings. The second kappa shape index (κ2) is 8.06. The van der Waals surface area contributed by atoms with Crippen LogP contribution in [0.1, 0.15) is 39.0 Å². The zero-order valence-electron chi connectivity index (χ0n) is 11.6. The van der Waals surface area contributed by atoms with Crippen LogP contribution in [0.5, 0.6) is 0 Å². The Labute approximate surface area is 120 Å². The molecule has 2 aromatic rings. The van der Waals surface area contributed by atoms with Crippen LogP contribution < -0.4 is 0 Å². The van der Waals surface area contributed by atoms with Crippen molar-refractivity contribution in [2.45, 2.75) is 43.9 Å². The summed E-state index contributed by atoms with van der Waals surface area (Å²) in [5, 5.41) is 4.87. The highest BCUT2D eigenvalue weighted by Crippen LogP contribution is 2.24. The van der Waals surface area contributed by atoms with Gasteiger partial charge in [-0.3, -0.25) is 0 Å². The van der Waals surface area contributed by atoms with Crippen molar-refractivity contribution >= 4 is 22.5 Å². The maximum absolute atomic E-state index is 2.30. The Kier molecular flexibility index (Phi) is 6.03. The van der Waals surface area contributed by atoms with E-state index >= 15 is 0 Å². The van der Waals surface area contributed by atoms with E-state index in [9.17, 15) is 0 Å². The van der Waals surface area contributed by atoms with Gasteiger partial charge in [0.15, 0.2) is 0 Å². The highest BCUT2D eigenvalue weighted by molar-refractivity contribution is 8.02. The predicted molar refractivity (Wildman–Crippen MR) is 87.7 cm³/mol. The monoisotopic (exact) mass is 270 g/mol. The molecule has 0 saturated heterocycles. The zero-order valence-corrected chi connectivity index (χ0v) is 12.5. The van der Waals surface area contributed by atoms with Crippen molar-refractivity contribution in [1.29, 1.82) is 0 Å². The molecule has 2 rings (SSSR count). The third kappa shape index (κ3) is 4.76. The van der Waals surface area contributed by atoms with Crippen molar-refractivity contribution in [2.75, 3.05) is 0 Å².